The van der Waals surface area contributed by atoms with Gasteiger partial charge < -0.3 is 20.1 Å². The largest absolute Gasteiger partial charge is 0.495 e. The fourth-order valence-corrected chi connectivity index (χ4v) is 2.45. The van der Waals surface area contributed by atoms with Crippen LogP contribution in [-0.2, 0) is 0 Å². The number of benzene rings is 1. The predicted molar refractivity (Wildman–Crippen MR) is 87.1 cm³/mol. The molecule has 1 aromatic heterocycles. The topological polar surface area (TPSA) is 68.3 Å². The van der Waals surface area contributed by atoms with Crippen molar-refractivity contribution in [1.29, 1.82) is 0 Å². The molecule has 21 heavy (non-hydrogen) atoms. The molecule has 0 spiro atoms. The van der Waals surface area contributed by atoms with E-state index in [1.807, 2.05) is 0 Å². The van der Waals surface area contributed by atoms with E-state index < -0.39 is 0 Å². The van der Waals surface area contributed by atoms with Gasteiger partial charge in [0.1, 0.15) is 33.9 Å². The Morgan fingerprint density at radius 1 is 1.10 bits per heavy atom. The van der Waals surface area contributed by atoms with Crippen LogP contribution in [0.1, 0.15) is 0 Å². The smallest absolute Gasteiger partial charge is 0.150 e. The lowest BCUT2D eigenvalue weighted by Crippen LogP contribution is -2.02. The molecule has 0 saturated carbocycles. The third-order valence-electron chi connectivity index (χ3n) is 2.75. The van der Waals surface area contributed by atoms with E-state index in [0.29, 0.717) is 38.3 Å². The highest BCUT2D eigenvalue weighted by Crippen LogP contribution is 2.38. The summed E-state index contributed by atoms with van der Waals surface area (Å²) in [5.41, 5.74) is 0.681. The van der Waals surface area contributed by atoms with Gasteiger partial charge in [-0.25, -0.2) is 9.97 Å². The summed E-state index contributed by atoms with van der Waals surface area (Å²) in [6, 6.07) is 3.42. The predicted octanol–water partition coefficient (Wildman–Crippen LogP) is 3.70. The maximum absolute atomic E-state index is 6.08. The van der Waals surface area contributed by atoms with Crippen LogP contribution in [0.4, 0.5) is 17.3 Å². The molecule has 1 heterocycles. The molecule has 0 aliphatic carbocycles. The van der Waals surface area contributed by atoms with Gasteiger partial charge in [-0.05, 0) is 15.9 Å². The second-order valence-corrected chi connectivity index (χ2v) is 5.15. The number of hydrogen-bond donors (Lipinski definition) is 2. The van der Waals surface area contributed by atoms with Crippen molar-refractivity contribution in [2.24, 2.45) is 0 Å². The minimum absolute atomic E-state index is 0.470. The SMILES string of the molecule is CNc1ncnc(Nc2cc(OC)c(Cl)cc2OC)c1Br. The number of nitrogens with one attached hydrogen (secondary N) is 2. The van der Waals surface area contributed by atoms with Crippen molar-refractivity contribution in [1.82, 2.24) is 9.97 Å². The van der Waals surface area contributed by atoms with Crippen LogP contribution in [0.25, 0.3) is 0 Å². The normalized spacial score (nSPS) is 10.1. The van der Waals surface area contributed by atoms with E-state index in [9.17, 15) is 0 Å². The molecular weight excluding hydrogens is 360 g/mol. The molecule has 0 amide bonds. The number of nitrogens with zero attached hydrogens (tertiary/aromatic N) is 2. The van der Waals surface area contributed by atoms with E-state index in [0.717, 1.165) is 0 Å². The second kappa shape index (κ2) is 6.82. The van der Waals surface area contributed by atoms with Crippen molar-refractivity contribution >= 4 is 44.9 Å². The summed E-state index contributed by atoms with van der Waals surface area (Å²) in [6.07, 6.45) is 1.46. The van der Waals surface area contributed by atoms with Gasteiger partial charge in [-0.1, -0.05) is 11.6 Å². The van der Waals surface area contributed by atoms with Crippen LogP contribution in [0.5, 0.6) is 11.5 Å². The van der Waals surface area contributed by atoms with Crippen LogP contribution < -0.4 is 20.1 Å². The highest BCUT2D eigenvalue weighted by molar-refractivity contribution is 9.10. The van der Waals surface area contributed by atoms with E-state index in [1.165, 1.54) is 6.33 Å². The number of halogens is 2. The first-order valence-electron chi connectivity index (χ1n) is 5.97. The molecule has 0 aliphatic rings. The van der Waals surface area contributed by atoms with Crippen LogP contribution in [0.15, 0.2) is 22.9 Å². The van der Waals surface area contributed by atoms with Gasteiger partial charge in [0.2, 0.25) is 0 Å². The number of rotatable bonds is 5. The molecule has 6 nitrogen and oxygen atoms in total. The molecule has 2 N–H and O–H groups in total. The molecule has 0 fully saturated rings. The van der Waals surface area contributed by atoms with Gasteiger partial charge in [0.25, 0.3) is 0 Å². The number of methoxy groups -OCH3 is 2. The Labute approximate surface area is 136 Å². The van der Waals surface area contributed by atoms with Crippen LogP contribution in [0.2, 0.25) is 5.02 Å². The van der Waals surface area contributed by atoms with E-state index in [-0.39, 0.29) is 0 Å². The number of hydrogen-bond acceptors (Lipinski definition) is 6. The molecule has 112 valence electrons. The Kier molecular flexibility index (Phi) is 5.08. The Morgan fingerprint density at radius 3 is 2.38 bits per heavy atom. The van der Waals surface area contributed by atoms with Crippen molar-refractivity contribution in [3.05, 3.63) is 28.0 Å². The number of aromatic nitrogens is 2. The third kappa shape index (κ3) is 3.30. The van der Waals surface area contributed by atoms with Crippen LogP contribution in [-0.4, -0.2) is 31.2 Å². The first-order chi connectivity index (χ1) is 10.1. The average Bonchev–Trinajstić information content (AvgIpc) is 2.50. The first kappa shape index (κ1) is 15.7. The van der Waals surface area contributed by atoms with Crippen molar-refractivity contribution in [3.63, 3.8) is 0 Å². The molecule has 0 saturated heterocycles. The van der Waals surface area contributed by atoms with Gasteiger partial charge in [-0.3, -0.25) is 0 Å². The third-order valence-corrected chi connectivity index (χ3v) is 3.80. The van der Waals surface area contributed by atoms with Crippen LogP contribution in [0.3, 0.4) is 0 Å². The van der Waals surface area contributed by atoms with Gasteiger partial charge in [-0.15, -0.1) is 0 Å². The molecule has 2 rings (SSSR count). The van der Waals surface area contributed by atoms with E-state index >= 15 is 0 Å². The molecule has 0 unspecified atom stereocenters. The van der Waals surface area contributed by atoms with Crippen molar-refractivity contribution in [3.8, 4) is 11.5 Å². The molecular formula is C13H14BrClN4O2. The van der Waals surface area contributed by atoms with E-state index in [4.69, 9.17) is 21.1 Å². The Hall–Kier alpha value is -1.73. The summed E-state index contributed by atoms with van der Waals surface area (Å²) in [5, 5.41) is 6.60. The average molecular weight is 374 g/mol. The van der Waals surface area contributed by atoms with E-state index in [2.05, 4.69) is 36.5 Å². The maximum atomic E-state index is 6.08. The molecule has 2 aromatic rings. The van der Waals surface area contributed by atoms with Gasteiger partial charge in [-0.2, -0.15) is 0 Å². The standard InChI is InChI=1S/C13H14BrClN4O2/c1-16-12-11(14)13(18-6-17-12)19-8-5-9(20-2)7(15)4-10(8)21-3/h4-6H,1-3H3,(H2,16,17,18,19). The van der Waals surface area contributed by atoms with Gasteiger partial charge in [0.15, 0.2) is 0 Å². The summed E-state index contributed by atoms with van der Waals surface area (Å²) >= 11 is 9.53. The highest BCUT2D eigenvalue weighted by atomic mass is 79.9. The lowest BCUT2D eigenvalue weighted by Gasteiger charge is -2.15. The van der Waals surface area contributed by atoms with Gasteiger partial charge in [0, 0.05) is 19.2 Å². The van der Waals surface area contributed by atoms with E-state index in [1.54, 1.807) is 33.4 Å². The summed E-state index contributed by atoms with van der Waals surface area (Å²) in [6.45, 7) is 0. The maximum Gasteiger partial charge on any atom is 0.150 e. The lowest BCUT2D eigenvalue weighted by atomic mass is 10.2. The monoisotopic (exact) mass is 372 g/mol. The molecule has 0 atom stereocenters. The Balaban J connectivity index is 2.43. The van der Waals surface area contributed by atoms with Crippen molar-refractivity contribution in [2.45, 2.75) is 0 Å². The minimum atomic E-state index is 0.470. The first-order valence-corrected chi connectivity index (χ1v) is 7.14. The quantitative estimate of drug-likeness (QED) is 0.833. The van der Waals surface area contributed by atoms with Crippen LogP contribution >= 0.6 is 27.5 Å². The molecule has 8 heteroatoms. The zero-order valence-electron chi connectivity index (χ0n) is 11.7. The Morgan fingerprint density at radius 2 is 1.76 bits per heavy atom. The molecule has 0 radical (unpaired) electrons. The van der Waals surface area contributed by atoms with Crippen LogP contribution in [0, 0.1) is 0 Å². The summed E-state index contributed by atoms with van der Waals surface area (Å²) in [5.74, 6) is 2.39. The molecule has 0 bridgehead atoms. The highest BCUT2D eigenvalue weighted by Gasteiger charge is 2.13. The zero-order valence-corrected chi connectivity index (χ0v) is 14.0. The number of anilines is 3. The summed E-state index contributed by atoms with van der Waals surface area (Å²) < 4.78 is 11.2. The minimum Gasteiger partial charge on any atom is -0.495 e. The fourth-order valence-electron chi connectivity index (χ4n) is 1.72. The Bertz CT molecular complexity index is 654. The fraction of sp³-hybridized carbons (Fsp3) is 0.231. The summed E-state index contributed by atoms with van der Waals surface area (Å²) in [4.78, 5) is 8.30. The summed E-state index contributed by atoms with van der Waals surface area (Å²) in [7, 11) is 4.90. The van der Waals surface area contributed by atoms with Gasteiger partial charge >= 0.3 is 0 Å². The van der Waals surface area contributed by atoms with Crippen molar-refractivity contribution < 1.29 is 9.47 Å². The van der Waals surface area contributed by atoms with Crippen molar-refractivity contribution in [2.75, 3.05) is 31.9 Å². The van der Waals surface area contributed by atoms with Gasteiger partial charge in [0.05, 0.1) is 24.9 Å². The zero-order chi connectivity index (χ0) is 15.4. The lowest BCUT2D eigenvalue weighted by molar-refractivity contribution is 0.405. The molecule has 1 aromatic carbocycles. The second-order valence-electron chi connectivity index (χ2n) is 3.95. The molecule has 0 aliphatic heterocycles. The number of ether oxygens (including phenoxy) is 2.